The number of aromatic nitrogens is 2. The lowest BCUT2D eigenvalue weighted by molar-refractivity contribution is 0.204. The number of hydrogen-bond acceptors (Lipinski definition) is 2. The molecule has 20 heavy (non-hydrogen) atoms. The Morgan fingerprint density at radius 3 is 3.10 bits per heavy atom. The van der Waals surface area contributed by atoms with Gasteiger partial charge in [-0.15, -0.1) is 0 Å². The highest BCUT2D eigenvalue weighted by Crippen LogP contribution is 2.19. The van der Waals surface area contributed by atoms with Gasteiger partial charge >= 0.3 is 6.03 Å². The predicted octanol–water partition coefficient (Wildman–Crippen LogP) is 2.66. The summed E-state index contributed by atoms with van der Waals surface area (Å²) in [6.07, 6.45) is 2.59. The number of imidazole rings is 1. The Morgan fingerprint density at radius 2 is 2.30 bits per heavy atom. The molecule has 0 spiro atoms. The van der Waals surface area contributed by atoms with E-state index >= 15 is 0 Å². The highest BCUT2D eigenvalue weighted by molar-refractivity contribution is 6.30. The van der Waals surface area contributed by atoms with Gasteiger partial charge < -0.3 is 14.8 Å². The molecular weight excluding hydrogens is 276 g/mol. The Bertz CT molecular complexity index is 652. The predicted molar refractivity (Wildman–Crippen MR) is 77.8 cm³/mol. The molecule has 0 fully saturated rings. The molecule has 0 saturated carbocycles. The molecule has 3 rings (SSSR count). The first kappa shape index (κ1) is 13.0. The van der Waals surface area contributed by atoms with Crippen LogP contribution in [0, 0.1) is 0 Å². The quantitative estimate of drug-likeness (QED) is 0.878. The van der Waals surface area contributed by atoms with Crippen molar-refractivity contribution in [1.82, 2.24) is 14.5 Å². The molecule has 1 aromatic carbocycles. The highest BCUT2D eigenvalue weighted by atomic mass is 35.5. The van der Waals surface area contributed by atoms with E-state index in [9.17, 15) is 4.79 Å². The fourth-order valence-electron chi connectivity index (χ4n) is 2.36. The summed E-state index contributed by atoms with van der Waals surface area (Å²) >= 11 is 5.91. The third-order valence-electron chi connectivity index (χ3n) is 3.47. The molecule has 1 N–H and O–H groups in total. The number of hydrogen-bond donors (Lipinski definition) is 1. The van der Waals surface area contributed by atoms with Crippen LogP contribution in [0.4, 0.5) is 10.5 Å². The lowest BCUT2D eigenvalue weighted by Gasteiger charge is -2.27. The molecule has 5 nitrogen and oxygen atoms in total. The molecule has 2 aromatic rings. The number of rotatable bonds is 1. The molecule has 0 bridgehead atoms. The SMILES string of the molecule is Cn1cnc2c1CN(C(=O)Nc1cccc(Cl)c1)CC2. The van der Waals surface area contributed by atoms with Crippen LogP contribution in [-0.4, -0.2) is 27.0 Å². The molecule has 0 atom stereocenters. The van der Waals surface area contributed by atoms with Crippen LogP contribution in [0.25, 0.3) is 0 Å². The average molecular weight is 291 g/mol. The van der Waals surface area contributed by atoms with Crippen LogP contribution in [0.3, 0.4) is 0 Å². The largest absolute Gasteiger partial charge is 0.336 e. The number of carbonyl (C=O) groups is 1. The molecular formula is C14H15ClN4O. The second kappa shape index (κ2) is 5.17. The van der Waals surface area contributed by atoms with E-state index in [-0.39, 0.29) is 6.03 Å². The van der Waals surface area contributed by atoms with E-state index in [0.717, 1.165) is 17.8 Å². The summed E-state index contributed by atoms with van der Waals surface area (Å²) in [7, 11) is 1.95. The van der Waals surface area contributed by atoms with Gasteiger partial charge in [0.05, 0.1) is 24.3 Å². The van der Waals surface area contributed by atoms with E-state index in [1.807, 2.05) is 23.7 Å². The van der Waals surface area contributed by atoms with Gasteiger partial charge in [-0.3, -0.25) is 0 Å². The van der Waals surface area contributed by atoms with Crippen molar-refractivity contribution in [2.24, 2.45) is 7.05 Å². The smallest absolute Gasteiger partial charge is 0.322 e. The summed E-state index contributed by atoms with van der Waals surface area (Å²) in [5, 5.41) is 3.47. The summed E-state index contributed by atoms with van der Waals surface area (Å²) in [6.45, 7) is 1.26. The van der Waals surface area contributed by atoms with Crippen molar-refractivity contribution in [3.63, 3.8) is 0 Å². The number of carbonyl (C=O) groups excluding carboxylic acids is 1. The summed E-state index contributed by atoms with van der Waals surface area (Å²) in [4.78, 5) is 18.4. The van der Waals surface area contributed by atoms with Gasteiger partial charge in [0.15, 0.2) is 0 Å². The minimum Gasteiger partial charge on any atom is -0.336 e. The number of nitrogens with zero attached hydrogens (tertiary/aromatic N) is 3. The normalized spacial score (nSPS) is 14.0. The van der Waals surface area contributed by atoms with Crippen molar-refractivity contribution in [2.45, 2.75) is 13.0 Å². The zero-order chi connectivity index (χ0) is 14.1. The number of benzene rings is 1. The van der Waals surface area contributed by atoms with Gasteiger partial charge in [0, 0.05) is 30.7 Å². The van der Waals surface area contributed by atoms with Crippen molar-refractivity contribution in [3.8, 4) is 0 Å². The first-order valence-electron chi connectivity index (χ1n) is 6.44. The molecule has 0 radical (unpaired) electrons. The number of nitrogens with one attached hydrogen (secondary N) is 1. The molecule has 6 heteroatoms. The monoisotopic (exact) mass is 290 g/mol. The zero-order valence-electron chi connectivity index (χ0n) is 11.1. The van der Waals surface area contributed by atoms with Crippen LogP contribution in [0.15, 0.2) is 30.6 Å². The molecule has 1 aromatic heterocycles. The maximum Gasteiger partial charge on any atom is 0.322 e. The lowest BCUT2D eigenvalue weighted by Crippen LogP contribution is -2.39. The van der Waals surface area contributed by atoms with E-state index in [0.29, 0.717) is 23.8 Å². The third-order valence-corrected chi connectivity index (χ3v) is 3.70. The zero-order valence-corrected chi connectivity index (χ0v) is 11.9. The Kier molecular flexibility index (Phi) is 3.36. The highest BCUT2D eigenvalue weighted by Gasteiger charge is 2.23. The molecule has 2 amide bonds. The number of amides is 2. The minimum absolute atomic E-state index is 0.112. The second-order valence-electron chi connectivity index (χ2n) is 4.86. The summed E-state index contributed by atoms with van der Waals surface area (Å²) in [6, 6.07) is 7.04. The van der Waals surface area contributed by atoms with Gasteiger partial charge in [0.2, 0.25) is 0 Å². The number of aryl methyl sites for hydroxylation is 1. The molecule has 1 aliphatic heterocycles. The summed E-state index contributed by atoms with van der Waals surface area (Å²) in [5.74, 6) is 0. The lowest BCUT2D eigenvalue weighted by atomic mass is 10.1. The number of urea groups is 1. The van der Waals surface area contributed by atoms with Crippen molar-refractivity contribution in [3.05, 3.63) is 47.0 Å². The number of anilines is 1. The van der Waals surface area contributed by atoms with Crippen molar-refractivity contribution < 1.29 is 4.79 Å². The van der Waals surface area contributed by atoms with E-state index in [1.165, 1.54) is 0 Å². The molecule has 0 saturated heterocycles. The Labute approximate surface area is 122 Å². The van der Waals surface area contributed by atoms with Crippen LogP contribution in [0.1, 0.15) is 11.4 Å². The van der Waals surface area contributed by atoms with E-state index in [1.54, 1.807) is 23.4 Å². The second-order valence-corrected chi connectivity index (χ2v) is 5.30. The maximum atomic E-state index is 12.3. The van der Waals surface area contributed by atoms with Crippen molar-refractivity contribution >= 4 is 23.3 Å². The first-order valence-corrected chi connectivity index (χ1v) is 6.82. The van der Waals surface area contributed by atoms with Gasteiger partial charge in [0.25, 0.3) is 0 Å². The fraction of sp³-hybridized carbons (Fsp3) is 0.286. The Morgan fingerprint density at radius 1 is 1.45 bits per heavy atom. The first-order chi connectivity index (χ1) is 9.63. The Balaban J connectivity index is 1.71. The topological polar surface area (TPSA) is 50.2 Å². The van der Waals surface area contributed by atoms with Crippen LogP contribution in [0.5, 0.6) is 0 Å². The van der Waals surface area contributed by atoms with E-state index in [2.05, 4.69) is 10.3 Å². The van der Waals surface area contributed by atoms with Gasteiger partial charge in [-0.2, -0.15) is 0 Å². The molecule has 2 heterocycles. The maximum absolute atomic E-state index is 12.3. The summed E-state index contributed by atoms with van der Waals surface area (Å²) < 4.78 is 1.97. The molecule has 0 aliphatic carbocycles. The van der Waals surface area contributed by atoms with Crippen LogP contribution in [-0.2, 0) is 20.0 Å². The number of fused-ring (bicyclic) bond motifs is 1. The van der Waals surface area contributed by atoms with Crippen molar-refractivity contribution in [2.75, 3.05) is 11.9 Å². The summed E-state index contributed by atoms with van der Waals surface area (Å²) in [5.41, 5.74) is 2.88. The number of halogens is 1. The van der Waals surface area contributed by atoms with Crippen LogP contribution < -0.4 is 5.32 Å². The molecule has 1 aliphatic rings. The van der Waals surface area contributed by atoms with Gasteiger partial charge in [-0.1, -0.05) is 17.7 Å². The van der Waals surface area contributed by atoms with Gasteiger partial charge in [-0.05, 0) is 18.2 Å². The Hall–Kier alpha value is -2.01. The fourth-order valence-corrected chi connectivity index (χ4v) is 2.55. The standard InChI is InChI=1S/C14H15ClN4O/c1-18-9-16-12-5-6-19(8-13(12)18)14(20)17-11-4-2-3-10(15)7-11/h2-4,7,9H,5-6,8H2,1H3,(H,17,20). The van der Waals surface area contributed by atoms with Crippen LogP contribution in [0.2, 0.25) is 5.02 Å². The minimum atomic E-state index is -0.112. The van der Waals surface area contributed by atoms with E-state index < -0.39 is 0 Å². The molecule has 104 valence electrons. The van der Waals surface area contributed by atoms with E-state index in [4.69, 9.17) is 11.6 Å². The average Bonchev–Trinajstić information content (AvgIpc) is 2.80. The third kappa shape index (κ3) is 2.49. The van der Waals surface area contributed by atoms with Gasteiger partial charge in [0.1, 0.15) is 0 Å². The van der Waals surface area contributed by atoms with Crippen molar-refractivity contribution in [1.29, 1.82) is 0 Å². The van der Waals surface area contributed by atoms with Crippen LogP contribution >= 0.6 is 11.6 Å². The molecule has 0 unspecified atom stereocenters. The van der Waals surface area contributed by atoms with Gasteiger partial charge in [-0.25, -0.2) is 9.78 Å².